The van der Waals surface area contributed by atoms with Crippen molar-refractivity contribution < 1.29 is 13.9 Å². The zero-order chi connectivity index (χ0) is 20.2. The number of carbonyl (C=O) groups is 1. The van der Waals surface area contributed by atoms with E-state index >= 15 is 0 Å². The van der Waals surface area contributed by atoms with Crippen molar-refractivity contribution in [3.8, 4) is 17.1 Å². The summed E-state index contributed by atoms with van der Waals surface area (Å²) in [5, 5.41) is 0.599. The van der Waals surface area contributed by atoms with E-state index in [1.165, 1.54) is 0 Å². The number of halogens is 1. The van der Waals surface area contributed by atoms with Crippen molar-refractivity contribution in [2.45, 2.75) is 6.92 Å². The fourth-order valence-corrected chi connectivity index (χ4v) is 3.79. The van der Waals surface area contributed by atoms with Crippen molar-refractivity contribution in [1.29, 1.82) is 0 Å². The second-order valence-corrected chi connectivity index (χ2v) is 7.23. The summed E-state index contributed by atoms with van der Waals surface area (Å²) in [5.41, 5.74) is 1.85. The van der Waals surface area contributed by atoms with Gasteiger partial charge in [-0.3, -0.25) is 4.79 Å². The second-order valence-electron chi connectivity index (χ2n) is 6.82. The molecule has 1 aromatic heterocycles. The number of piperazine rings is 1. The van der Waals surface area contributed by atoms with E-state index in [0.29, 0.717) is 36.2 Å². The molecule has 5 nitrogen and oxygen atoms in total. The summed E-state index contributed by atoms with van der Waals surface area (Å²) < 4.78 is 11.6. The summed E-state index contributed by atoms with van der Waals surface area (Å²) >= 11 is 6.23. The summed E-state index contributed by atoms with van der Waals surface area (Å²) in [6.07, 6.45) is 0. The summed E-state index contributed by atoms with van der Waals surface area (Å²) in [6.45, 7) is 5.35. The molecule has 2 heterocycles. The van der Waals surface area contributed by atoms with E-state index in [0.717, 1.165) is 30.1 Å². The molecule has 1 aliphatic heterocycles. The van der Waals surface area contributed by atoms with Crippen molar-refractivity contribution in [1.82, 2.24) is 4.90 Å². The highest BCUT2D eigenvalue weighted by Crippen LogP contribution is 2.31. The van der Waals surface area contributed by atoms with Gasteiger partial charge in [-0.05, 0) is 43.3 Å². The lowest BCUT2D eigenvalue weighted by Gasteiger charge is -2.36. The Morgan fingerprint density at radius 3 is 2.48 bits per heavy atom. The van der Waals surface area contributed by atoms with Crippen LogP contribution in [-0.2, 0) is 0 Å². The molecule has 1 fully saturated rings. The number of hydrogen-bond donors (Lipinski definition) is 0. The van der Waals surface area contributed by atoms with Crippen molar-refractivity contribution in [2.24, 2.45) is 0 Å². The van der Waals surface area contributed by atoms with Crippen LogP contribution >= 0.6 is 11.6 Å². The standard InChI is InChI=1S/C23H23ClN2O3/c1-2-28-21-10-6-5-9-19(21)25-13-15-26(16-14-25)23(27)22-12-11-20(29-22)17-7-3-4-8-18(17)24/h3-12H,2,13-16H2,1H3. The molecule has 6 heteroatoms. The summed E-state index contributed by atoms with van der Waals surface area (Å²) in [4.78, 5) is 17.0. The third-order valence-corrected chi connectivity index (χ3v) is 5.36. The van der Waals surface area contributed by atoms with E-state index in [1.54, 1.807) is 18.2 Å². The molecule has 4 rings (SSSR count). The molecular formula is C23H23ClN2O3. The van der Waals surface area contributed by atoms with Crippen LogP contribution in [0.5, 0.6) is 5.75 Å². The molecular weight excluding hydrogens is 388 g/mol. The average Bonchev–Trinajstić information content (AvgIpc) is 3.24. The normalized spacial score (nSPS) is 14.1. The molecule has 1 saturated heterocycles. The van der Waals surface area contributed by atoms with E-state index in [4.69, 9.17) is 20.8 Å². The van der Waals surface area contributed by atoms with Crippen LogP contribution in [0.15, 0.2) is 65.1 Å². The quantitative estimate of drug-likeness (QED) is 0.596. The first-order chi connectivity index (χ1) is 14.2. The maximum Gasteiger partial charge on any atom is 0.289 e. The Balaban J connectivity index is 1.43. The van der Waals surface area contributed by atoms with Gasteiger partial charge in [0.05, 0.1) is 17.3 Å². The number of hydrogen-bond acceptors (Lipinski definition) is 4. The lowest BCUT2D eigenvalue weighted by Crippen LogP contribution is -2.48. The molecule has 29 heavy (non-hydrogen) atoms. The maximum absolute atomic E-state index is 12.9. The molecule has 0 radical (unpaired) electrons. The van der Waals surface area contributed by atoms with Gasteiger partial charge in [0, 0.05) is 31.7 Å². The number of furan rings is 1. The first-order valence-electron chi connectivity index (χ1n) is 9.78. The molecule has 150 valence electrons. The summed E-state index contributed by atoms with van der Waals surface area (Å²) in [7, 11) is 0. The van der Waals surface area contributed by atoms with Crippen molar-refractivity contribution in [3.05, 3.63) is 71.4 Å². The van der Waals surface area contributed by atoms with Crippen molar-refractivity contribution in [2.75, 3.05) is 37.7 Å². The second kappa shape index (κ2) is 8.62. The number of anilines is 1. The third-order valence-electron chi connectivity index (χ3n) is 5.03. The Bertz CT molecular complexity index is 993. The molecule has 0 saturated carbocycles. The lowest BCUT2D eigenvalue weighted by atomic mass is 10.2. The largest absolute Gasteiger partial charge is 0.492 e. The van der Waals surface area contributed by atoms with Gasteiger partial charge in [-0.15, -0.1) is 0 Å². The molecule has 2 aromatic carbocycles. The van der Waals surface area contributed by atoms with Gasteiger partial charge in [-0.2, -0.15) is 0 Å². The van der Waals surface area contributed by atoms with Crippen LogP contribution in [0.3, 0.4) is 0 Å². The van der Waals surface area contributed by atoms with Crippen LogP contribution in [0, 0.1) is 0 Å². The predicted molar refractivity (Wildman–Crippen MR) is 115 cm³/mol. The Morgan fingerprint density at radius 2 is 1.72 bits per heavy atom. The van der Waals surface area contributed by atoms with Gasteiger partial charge in [-0.25, -0.2) is 0 Å². The van der Waals surface area contributed by atoms with Crippen LogP contribution in [0.2, 0.25) is 5.02 Å². The number of carbonyl (C=O) groups excluding carboxylic acids is 1. The van der Waals surface area contributed by atoms with Gasteiger partial charge >= 0.3 is 0 Å². The van der Waals surface area contributed by atoms with Gasteiger partial charge in [0.15, 0.2) is 5.76 Å². The molecule has 0 unspecified atom stereocenters. The van der Waals surface area contributed by atoms with E-state index < -0.39 is 0 Å². The zero-order valence-corrected chi connectivity index (χ0v) is 17.1. The maximum atomic E-state index is 12.9. The van der Waals surface area contributed by atoms with Crippen molar-refractivity contribution in [3.63, 3.8) is 0 Å². The average molecular weight is 411 g/mol. The highest BCUT2D eigenvalue weighted by atomic mass is 35.5. The molecule has 1 aliphatic rings. The van der Waals surface area contributed by atoms with Crippen LogP contribution in [0.4, 0.5) is 5.69 Å². The minimum absolute atomic E-state index is 0.0963. The minimum Gasteiger partial charge on any atom is -0.492 e. The van der Waals surface area contributed by atoms with Crippen LogP contribution < -0.4 is 9.64 Å². The highest BCUT2D eigenvalue weighted by Gasteiger charge is 2.25. The van der Waals surface area contributed by atoms with Crippen LogP contribution in [-0.4, -0.2) is 43.6 Å². The van der Waals surface area contributed by atoms with Gasteiger partial charge in [0.2, 0.25) is 0 Å². The molecule has 0 spiro atoms. The number of ether oxygens (including phenoxy) is 1. The number of nitrogens with zero attached hydrogens (tertiary/aromatic N) is 2. The fraction of sp³-hybridized carbons (Fsp3) is 0.261. The van der Waals surface area contributed by atoms with E-state index in [2.05, 4.69) is 11.0 Å². The smallest absolute Gasteiger partial charge is 0.289 e. The summed E-state index contributed by atoms with van der Waals surface area (Å²) in [5.74, 6) is 1.72. The molecule has 3 aromatic rings. The van der Waals surface area contributed by atoms with Crippen molar-refractivity contribution >= 4 is 23.2 Å². The van der Waals surface area contributed by atoms with Gasteiger partial charge < -0.3 is 19.0 Å². The number of benzene rings is 2. The molecule has 0 atom stereocenters. The monoisotopic (exact) mass is 410 g/mol. The van der Waals surface area contributed by atoms with Gasteiger partial charge in [0.1, 0.15) is 11.5 Å². The first-order valence-corrected chi connectivity index (χ1v) is 10.2. The molecule has 0 bridgehead atoms. The predicted octanol–water partition coefficient (Wildman–Crippen LogP) is 4.96. The van der Waals surface area contributed by atoms with Gasteiger partial charge in [-0.1, -0.05) is 35.9 Å². The van der Waals surface area contributed by atoms with E-state index in [1.807, 2.05) is 48.2 Å². The SMILES string of the molecule is CCOc1ccccc1N1CCN(C(=O)c2ccc(-c3ccccc3Cl)o2)CC1. The fourth-order valence-electron chi connectivity index (χ4n) is 3.56. The van der Waals surface area contributed by atoms with E-state index in [9.17, 15) is 4.79 Å². The number of amides is 1. The topological polar surface area (TPSA) is 45.9 Å². The van der Waals surface area contributed by atoms with E-state index in [-0.39, 0.29) is 5.91 Å². The zero-order valence-electron chi connectivity index (χ0n) is 16.3. The molecule has 0 aliphatic carbocycles. The van der Waals surface area contributed by atoms with Crippen LogP contribution in [0.25, 0.3) is 11.3 Å². The molecule has 0 N–H and O–H groups in total. The Labute approximate surface area is 175 Å². The Kier molecular flexibility index (Phi) is 5.76. The van der Waals surface area contributed by atoms with Crippen LogP contribution in [0.1, 0.15) is 17.5 Å². The minimum atomic E-state index is -0.0963. The number of rotatable bonds is 5. The summed E-state index contributed by atoms with van der Waals surface area (Å²) in [6, 6.07) is 19.0. The number of para-hydroxylation sites is 2. The first kappa shape index (κ1) is 19.4. The lowest BCUT2D eigenvalue weighted by molar-refractivity contribution is 0.0715. The van der Waals surface area contributed by atoms with Gasteiger partial charge in [0.25, 0.3) is 5.91 Å². The highest BCUT2D eigenvalue weighted by molar-refractivity contribution is 6.33. The molecule has 1 amide bonds. The Hall–Kier alpha value is -2.92. The third kappa shape index (κ3) is 4.10. The Morgan fingerprint density at radius 1 is 1.00 bits per heavy atom.